The van der Waals surface area contributed by atoms with Gasteiger partial charge < -0.3 is 10.0 Å². The quantitative estimate of drug-likeness (QED) is 0.912. The van der Waals surface area contributed by atoms with Gasteiger partial charge in [0.2, 0.25) is 5.91 Å². The van der Waals surface area contributed by atoms with Crippen LogP contribution in [-0.2, 0) is 9.59 Å². The number of halogens is 1. The highest BCUT2D eigenvalue weighted by Crippen LogP contribution is 2.23. The second-order valence-electron chi connectivity index (χ2n) is 5.33. The van der Waals surface area contributed by atoms with Crippen molar-refractivity contribution in [3.63, 3.8) is 0 Å². The lowest BCUT2D eigenvalue weighted by atomic mass is 9.94. The molecule has 0 unspecified atom stereocenters. The van der Waals surface area contributed by atoms with Crippen molar-refractivity contribution in [3.8, 4) is 0 Å². The smallest absolute Gasteiger partial charge is 0.305 e. The molecule has 1 N–H and O–H groups in total. The molecule has 1 aromatic rings. The third-order valence-corrected chi connectivity index (χ3v) is 2.57. The minimum absolute atomic E-state index is 0.0665. The lowest BCUT2D eigenvalue weighted by molar-refractivity contribution is -0.136. The number of benzene rings is 1. The summed E-state index contributed by atoms with van der Waals surface area (Å²) in [6, 6.07) is 5.44. The Morgan fingerprint density at radius 3 is 2.16 bits per heavy atom. The van der Waals surface area contributed by atoms with E-state index in [1.807, 2.05) is 0 Å². The van der Waals surface area contributed by atoms with E-state index >= 15 is 0 Å². The SMILES string of the molecule is CC(C)(C)C(=O)N(CCC(=O)O)c1ccc(F)cc1. The average molecular weight is 267 g/mol. The number of carboxylic acids is 1. The van der Waals surface area contributed by atoms with Gasteiger partial charge in [0.15, 0.2) is 0 Å². The fourth-order valence-corrected chi connectivity index (χ4v) is 1.58. The zero-order valence-corrected chi connectivity index (χ0v) is 11.3. The Labute approximate surface area is 111 Å². The van der Waals surface area contributed by atoms with Crippen LogP contribution in [0.3, 0.4) is 0 Å². The molecule has 4 nitrogen and oxygen atoms in total. The fraction of sp³-hybridized carbons (Fsp3) is 0.429. The third kappa shape index (κ3) is 4.35. The summed E-state index contributed by atoms with van der Waals surface area (Å²) < 4.78 is 12.9. The van der Waals surface area contributed by atoms with Crippen LogP contribution >= 0.6 is 0 Å². The summed E-state index contributed by atoms with van der Waals surface area (Å²) in [5, 5.41) is 8.74. The van der Waals surface area contributed by atoms with Gasteiger partial charge in [0.25, 0.3) is 0 Å². The van der Waals surface area contributed by atoms with Gasteiger partial charge in [-0.15, -0.1) is 0 Å². The molecular formula is C14H18FNO3. The normalized spacial score (nSPS) is 11.2. The van der Waals surface area contributed by atoms with E-state index in [0.717, 1.165) is 0 Å². The number of rotatable bonds is 4. The van der Waals surface area contributed by atoms with Crippen molar-refractivity contribution in [2.45, 2.75) is 27.2 Å². The van der Waals surface area contributed by atoms with Crippen molar-refractivity contribution in [3.05, 3.63) is 30.1 Å². The minimum atomic E-state index is -0.978. The molecule has 1 rings (SSSR count). The van der Waals surface area contributed by atoms with Gasteiger partial charge in [0.05, 0.1) is 6.42 Å². The van der Waals surface area contributed by atoms with Gasteiger partial charge in [-0.2, -0.15) is 0 Å². The number of hydrogen-bond acceptors (Lipinski definition) is 2. The van der Waals surface area contributed by atoms with E-state index in [0.29, 0.717) is 5.69 Å². The molecule has 104 valence electrons. The Balaban J connectivity index is 3.01. The number of carboxylic acid groups (broad SMARTS) is 1. The highest BCUT2D eigenvalue weighted by atomic mass is 19.1. The maximum Gasteiger partial charge on any atom is 0.305 e. The second-order valence-corrected chi connectivity index (χ2v) is 5.33. The number of carbonyl (C=O) groups excluding carboxylic acids is 1. The molecule has 1 amide bonds. The lowest BCUT2D eigenvalue weighted by Gasteiger charge is -2.29. The predicted molar refractivity (Wildman–Crippen MR) is 70.5 cm³/mol. The Morgan fingerprint density at radius 2 is 1.74 bits per heavy atom. The first-order valence-electron chi connectivity index (χ1n) is 6.01. The molecule has 0 aromatic heterocycles. The van der Waals surface area contributed by atoms with E-state index in [1.54, 1.807) is 20.8 Å². The first-order chi connectivity index (χ1) is 8.71. The average Bonchev–Trinajstić information content (AvgIpc) is 2.29. The summed E-state index contributed by atoms with van der Waals surface area (Å²) in [5.74, 6) is -1.57. The number of hydrogen-bond donors (Lipinski definition) is 1. The van der Waals surface area contributed by atoms with E-state index in [1.165, 1.54) is 29.2 Å². The monoisotopic (exact) mass is 267 g/mol. The molecule has 0 aliphatic heterocycles. The van der Waals surface area contributed by atoms with E-state index in [9.17, 15) is 14.0 Å². The van der Waals surface area contributed by atoms with Gasteiger partial charge in [0, 0.05) is 17.6 Å². The molecule has 0 heterocycles. The zero-order chi connectivity index (χ0) is 14.6. The van der Waals surface area contributed by atoms with Crippen LogP contribution in [0.1, 0.15) is 27.2 Å². The standard InChI is InChI=1S/C14H18FNO3/c1-14(2,3)13(19)16(9-8-12(17)18)11-6-4-10(15)5-7-11/h4-7H,8-9H2,1-3H3,(H,17,18). The molecule has 0 saturated carbocycles. The maximum atomic E-state index is 12.9. The van der Waals surface area contributed by atoms with Gasteiger partial charge in [-0.05, 0) is 24.3 Å². The largest absolute Gasteiger partial charge is 0.481 e. The van der Waals surface area contributed by atoms with Gasteiger partial charge in [0.1, 0.15) is 5.82 Å². The van der Waals surface area contributed by atoms with Crippen LogP contribution in [0.5, 0.6) is 0 Å². The van der Waals surface area contributed by atoms with Crippen LogP contribution in [0.25, 0.3) is 0 Å². The summed E-state index contributed by atoms with van der Waals surface area (Å²) in [5.41, 5.74) is -0.130. The van der Waals surface area contributed by atoms with Crippen LogP contribution in [-0.4, -0.2) is 23.5 Å². The van der Waals surface area contributed by atoms with Gasteiger partial charge in [-0.3, -0.25) is 9.59 Å². The maximum absolute atomic E-state index is 12.9. The number of aliphatic carboxylic acids is 1. The molecule has 0 radical (unpaired) electrons. The topological polar surface area (TPSA) is 57.6 Å². The number of nitrogens with zero attached hydrogens (tertiary/aromatic N) is 1. The van der Waals surface area contributed by atoms with Crippen molar-refractivity contribution >= 4 is 17.6 Å². The minimum Gasteiger partial charge on any atom is -0.481 e. The summed E-state index contributed by atoms with van der Waals surface area (Å²) in [6.07, 6.45) is -0.154. The summed E-state index contributed by atoms with van der Waals surface area (Å²) in [4.78, 5) is 24.3. The summed E-state index contributed by atoms with van der Waals surface area (Å²) in [6.45, 7) is 5.34. The number of carbonyl (C=O) groups is 2. The van der Waals surface area contributed by atoms with E-state index < -0.39 is 17.2 Å². The Bertz CT molecular complexity index is 463. The van der Waals surface area contributed by atoms with E-state index in [4.69, 9.17) is 5.11 Å². The van der Waals surface area contributed by atoms with Crippen LogP contribution in [0, 0.1) is 11.2 Å². The Kier molecular flexibility index (Phi) is 4.64. The molecule has 1 aromatic carbocycles. The first-order valence-corrected chi connectivity index (χ1v) is 6.01. The molecule has 19 heavy (non-hydrogen) atoms. The number of amides is 1. The van der Waals surface area contributed by atoms with E-state index in [2.05, 4.69) is 0 Å². The second kappa shape index (κ2) is 5.82. The number of anilines is 1. The highest BCUT2D eigenvalue weighted by molar-refractivity contribution is 5.97. The van der Waals surface area contributed by atoms with Crippen LogP contribution in [0.4, 0.5) is 10.1 Å². The molecular weight excluding hydrogens is 249 g/mol. The molecule has 0 bridgehead atoms. The predicted octanol–water partition coefficient (Wildman–Crippen LogP) is 2.68. The molecule has 5 heteroatoms. The molecule has 0 aliphatic rings. The van der Waals surface area contributed by atoms with Crippen molar-refractivity contribution < 1.29 is 19.1 Å². The lowest BCUT2D eigenvalue weighted by Crippen LogP contribution is -2.40. The van der Waals surface area contributed by atoms with E-state index in [-0.39, 0.29) is 18.9 Å². The Hall–Kier alpha value is -1.91. The van der Waals surface area contributed by atoms with Crippen molar-refractivity contribution in [2.75, 3.05) is 11.4 Å². The van der Waals surface area contributed by atoms with Crippen molar-refractivity contribution in [1.82, 2.24) is 0 Å². The molecule has 0 spiro atoms. The van der Waals surface area contributed by atoms with Crippen LogP contribution < -0.4 is 4.90 Å². The summed E-state index contributed by atoms with van der Waals surface area (Å²) in [7, 11) is 0. The molecule has 0 atom stereocenters. The molecule has 0 aliphatic carbocycles. The molecule has 0 saturated heterocycles. The first kappa shape index (κ1) is 15.1. The van der Waals surface area contributed by atoms with Crippen LogP contribution in [0.2, 0.25) is 0 Å². The molecule has 0 fully saturated rings. The Morgan fingerprint density at radius 1 is 1.21 bits per heavy atom. The highest BCUT2D eigenvalue weighted by Gasteiger charge is 2.28. The third-order valence-electron chi connectivity index (χ3n) is 2.57. The summed E-state index contributed by atoms with van der Waals surface area (Å²) >= 11 is 0. The van der Waals surface area contributed by atoms with Crippen molar-refractivity contribution in [1.29, 1.82) is 0 Å². The van der Waals surface area contributed by atoms with Gasteiger partial charge in [-0.1, -0.05) is 20.8 Å². The zero-order valence-electron chi connectivity index (χ0n) is 11.3. The fourth-order valence-electron chi connectivity index (χ4n) is 1.58. The van der Waals surface area contributed by atoms with Gasteiger partial charge in [-0.25, -0.2) is 4.39 Å². The van der Waals surface area contributed by atoms with Gasteiger partial charge >= 0.3 is 5.97 Å². The van der Waals surface area contributed by atoms with Crippen molar-refractivity contribution in [2.24, 2.45) is 5.41 Å². The van der Waals surface area contributed by atoms with Crippen LogP contribution in [0.15, 0.2) is 24.3 Å².